The monoisotopic (exact) mass is 884 g/mol. The van der Waals surface area contributed by atoms with Crippen LogP contribution in [0.1, 0.15) is 80.3 Å². The highest BCUT2D eigenvalue weighted by Gasteiger charge is 2.37. The van der Waals surface area contributed by atoms with Crippen molar-refractivity contribution >= 4 is 46.0 Å². The van der Waals surface area contributed by atoms with E-state index in [1.165, 1.54) is 105 Å². The summed E-state index contributed by atoms with van der Waals surface area (Å²) >= 11 is 0. The molecule has 2 aliphatic rings. The first kappa shape index (κ1) is 42.7. The van der Waals surface area contributed by atoms with Crippen molar-refractivity contribution in [2.24, 2.45) is 0 Å². The number of anilines is 3. The zero-order chi connectivity index (χ0) is 46.9. The predicted molar refractivity (Wildman–Crippen MR) is 295 cm³/mol. The number of rotatable bonds is 8. The third-order valence-corrected chi connectivity index (χ3v) is 15.3. The standard InChI is InChI=1S/C67H55BN/c1-6-52-63-53-31-20-19-26-46(53)34-37-56(63)54-32-21-33-55(64(52)54)58-40-47(44-22-11-7-12-23-44)41-62-65(58)68-59-43-51(67(5,48-27-15-9-16-28-48)49-29-17-10-18-30-49)36-39-61(59)69(62)60-38-35-50(66(2,3)4)42-57(60)45-24-13-8-14-25-45/h7-43,52H,6H2,1-5H3. The molecule has 0 saturated heterocycles. The van der Waals surface area contributed by atoms with Gasteiger partial charge in [-0.15, -0.1) is 0 Å². The summed E-state index contributed by atoms with van der Waals surface area (Å²) in [6.45, 7) is 11.7. The van der Waals surface area contributed by atoms with Crippen LogP contribution in [0.25, 0.3) is 55.3 Å². The molecule has 0 spiro atoms. The van der Waals surface area contributed by atoms with Gasteiger partial charge in [-0.3, -0.25) is 0 Å². The average molecular weight is 885 g/mol. The molecule has 0 fully saturated rings. The minimum Gasteiger partial charge on any atom is -0.311 e. The summed E-state index contributed by atoms with van der Waals surface area (Å²) in [6.07, 6.45) is 1.01. The van der Waals surface area contributed by atoms with E-state index in [2.05, 4.69) is 271 Å². The number of nitrogens with zero attached hydrogens (tertiary/aromatic N) is 1. The van der Waals surface area contributed by atoms with Crippen LogP contribution < -0.4 is 15.8 Å². The molecule has 1 unspecified atom stereocenters. The van der Waals surface area contributed by atoms with Crippen LogP contribution in [-0.2, 0) is 10.8 Å². The van der Waals surface area contributed by atoms with E-state index in [9.17, 15) is 0 Å². The third kappa shape index (κ3) is 7.07. The van der Waals surface area contributed by atoms with E-state index in [1.54, 1.807) is 0 Å². The molecule has 12 rings (SSSR count). The zero-order valence-electron chi connectivity index (χ0n) is 40.2. The summed E-state index contributed by atoms with van der Waals surface area (Å²) in [5.74, 6) is 0.249. The Labute approximate surface area is 409 Å². The van der Waals surface area contributed by atoms with Gasteiger partial charge >= 0.3 is 0 Å². The fourth-order valence-electron chi connectivity index (χ4n) is 11.7. The number of hydrogen-bond acceptors (Lipinski definition) is 1. The van der Waals surface area contributed by atoms with Crippen molar-refractivity contribution in [3.8, 4) is 44.5 Å². The Morgan fingerprint density at radius 2 is 0.986 bits per heavy atom. The molecule has 69 heavy (non-hydrogen) atoms. The molecule has 0 amide bonds. The van der Waals surface area contributed by atoms with Crippen molar-refractivity contribution in [2.75, 3.05) is 4.90 Å². The minimum atomic E-state index is -0.413. The number of benzene rings is 10. The molecule has 1 radical (unpaired) electrons. The maximum Gasteiger partial charge on any atom is 0.197 e. The van der Waals surface area contributed by atoms with Crippen LogP contribution in [0, 0.1) is 0 Å². The van der Waals surface area contributed by atoms with Gasteiger partial charge in [0.05, 0.1) is 5.69 Å². The molecule has 0 N–H and O–H groups in total. The predicted octanol–water partition coefficient (Wildman–Crippen LogP) is 16.5. The average Bonchev–Trinajstić information content (AvgIpc) is 3.74. The van der Waals surface area contributed by atoms with Crippen molar-refractivity contribution < 1.29 is 0 Å². The Hall–Kier alpha value is -7.68. The summed E-state index contributed by atoms with van der Waals surface area (Å²) in [7, 11) is 2.51. The van der Waals surface area contributed by atoms with E-state index in [1.807, 2.05) is 0 Å². The molecule has 1 aliphatic carbocycles. The van der Waals surface area contributed by atoms with Gasteiger partial charge in [0.1, 0.15) is 0 Å². The highest BCUT2D eigenvalue weighted by atomic mass is 15.2. The number of fused-ring (bicyclic) bond motifs is 7. The molecule has 0 aromatic heterocycles. The van der Waals surface area contributed by atoms with Crippen molar-refractivity contribution in [3.05, 3.63) is 258 Å². The molecule has 1 nitrogen and oxygen atoms in total. The van der Waals surface area contributed by atoms with Crippen molar-refractivity contribution in [2.45, 2.75) is 57.8 Å². The van der Waals surface area contributed by atoms with Crippen molar-refractivity contribution in [3.63, 3.8) is 0 Å². The molecular weight excluding hydrogens is 830 g/mol. The van der Waals surface area contributed by atoms with Crippen LogP contribution in [0.4, 0.5) is 17.1 Å². The van der Waals surface area contributed by atoms with Gasteiger partial charge in [0, 0.05) is 28.3 Å². The number of hydrogen-bond donors (Lipinski definition) is 0. The molecule has 10 aromatic rings. The van der Waals surface area contributed by atoms with E-state index in [0.29, 0.717) is 0 Å². The molecule has 2 heteroatoms. The van der Waals surface area contributed by atoms with Crippen LogP contribution in [0.15, 0.2) is 224 Å². The smallest absolute Gasteiger partial charge is 0.197 e. The Balaban J connectivity index is 1.16. The van der Waals surface area contributed by atoms with E-state index in [0.717, 1.165) is 17.8 Å². The quantitative estimate of drug-likeness (QED) is 0.109. The third-order valence-electron chi connectivity index (χ3n) is 15.3. The van der Waals surface area contributed by atoms with Crippen LogP contribution >= 0.6 is 0 Å². The molecule has 0 saturated carbocycles. The van der Waals surface area contributed by atoms with E-state index in [-0.39, 0.29) is 11.3 Å². The second-order valence-corrected chi connectivity index (χ2v) is 20.3. The lowest BCUT2D eigenvalue weighted by molar-refractivity contribution is 0.590. The molecule has 1 aliphatic heterocycles. The summed E-state index contributed by atoms with van der Waals surface area (Å²) < 4.78 is 0. The first-order valence-corrected chi connectivity index (χ1v) is 24.7. The summed E-state index contributed by atoms with van der Waals surface area (Å²) in [4.78, 5) is 2.59. The van der Waals surface area contributed by atoms with Crippen molar-refractivity contribution in [1.29, 1.82) is 0 Å². The van der Waals surface area contributed by atoms with Crippen molar-refractivity contribution in [1.82, 2.24) is 0 Å². The van der Waals surface area contributed by atoms with Gasteiger partial charge in [-0.2, -0.15) is 0 Å². The fraction of sp³-hybridized carbons (Fsp3) is 0.134. The largest absolute Gasteiger partial charge is 0.311 e. The molecule has 331 valence electrons. The second kappa shape index (κ2) is 16.8. The molecular formula is C67H55BN. The van der Waals surface area contributed by atoms with E-state index in [4.69, 9.17) is 0 Å². The van der Waals surface area contributed by atoms with Crippen LogP contribution in [0.2, 0.25) is 0 Å². The van der Waals surface area contributed by atoms with Gasteiger partial charge in [0.25, 0.3) is 0 Å². The van der Waals surface area contributed by atoms with Gasteiger partial charge in [-0.25, -0.2) is 0 Å². The zero-order valence-corrected chi connectivity index (χ0v) is 40.2. The lowest BCUT2D eigenvalue weighted by Gasteiger charge is -2.39. The molecule has 0 bridgehead atoms. The van der Waals surface area contributed by atoms with Crippen LogP contribution in [0.5, 0.6) is 0 Å². The normalized spacial score (nSPS) is 13.9. The fourth-order valence-corrected chi connectivity index (χ4v) is 11.7. The minimum absolute atomic E-state index is 0.0398. The second-order valence-electron chi connectivity index (χ2n) is 20.3. The molecule has 10 aromatic carbocycles. The van der Waals surface area contributed by atoms with E-state index >= 15 is 0 Å². The summed E-state index contributed by atoms with van der Waals surface area (Å²) in [5.41, 5.74) is 23.5. The topological polar surface area (TPSA) is 3.24 Å². The maximum atomic E-state index is 2.59. The van der Waals surface area contributed by atoms with Gasteiger partial charge in [-0.1, -0.05) is 233 Å². The summed E-state index contributed by atoms with van der Waals surface area (Å²) in [5, 5.41) is 2.66. The maximum absolute atomic E-state index is 2.59. The van der Waals surface area contributed by atoms with Gasteiger partial charge in [-0.05, 0) is 132 Å². The Kier molecular flexibility index (Phi) is 10.4. The van der Waals surface area contributed by atoms with E-state index < -0.39 is 5.41 Å². The van der Waals surface area contributed by atoms with Gasteiger partial charge < -0.3 is 4.90 Å². The first-order chi connectivity index (χ1) is 33.7. The Morgan fingerprint density at radius 1 is 0.406 bits per heavy atom. The highest BCUT2D eigenvalue weighted by molar-refractivity contribution is 6.73. The van der Waals surface area contributed by atoms with Gasteiger partial charge in [0.2, 0.25) is 0 Å². The lowest BCUT2D eigenvalue weighted by atomic mass is 9.56. The molecule has 1 heterocycles. The van der Waals surface area contributed by atoms with Crippen LogP contribution in [0.3, 0.4) is 0 Å². The lowest BCUT2D eigenvalue weighted by Crippen LogP contribution is -2.42. The first-order valence-electron chi connectivity index (χ1n) is 24.7. The van der Waals surface area contributed by atoms with Crippen LogP contribution in [-0.4, -0.2) is 7.28 Å². The van der Waals surface area contributed by atoms with Gasteiger partial charge in [0.15, 0.2) is 7.28 Å². The SMILES string of the molecule is CCC1c2c(-c3cc(-c4ccccc4)cc4c3[B]c3cc(C(C)(c5ccccc5)c5ccccc5)ccc3N4c3ccc(C(C)(C)C)cc3-c3ccccc3)cccc2-c2ccc3ccccc3c21. The molecule has 1 atom stereocenters. The summed E-state index contributed by atoms with van der Waals surface area (Å²) in [6, 6.07) is 84.1. The Bertz CT molecular complexity index is 3510. The Morgan fingerprint density at radius 3 is 1.65 bits per heavy atom. The highest BCUT2D eigenvalue weighted by Crippen LogP contribution is 2.54.